The Balaban J connectivity index is 3.03. The summed E-state index contributed by atoms with van der Waals surface area (Å²) < 4.78 is 0. The van der Waals surface area contributed by atoms with E-state index in [1.807, 2.05) is 6.07 Å². The van der Waals surface area contributed by atoms with Gasteiger partial charge in [-0.2, -0.15) is 18.6 Å². The van der Waals surface area contributed by atoms with Crippen LogP contribution in [-0.4, -0.2) is 0 Å². The number of hydrogen-bond donors (Lipinski definition) is 0. The molecule has 0 aliphatic rings. The molecule has 0 N–H and O–H groups in total. The van der Waals surface area contributed by atoms with Gasteiger partial charge < -0.3 is 0 Å². The second-order valence-electron chi connectivity index (χ2n) is 2.85. The van der Waals surface area contributed by atoms with Crippen LogP contribution in [0.25, 0.3) is 0 Å². The van der Waals surface area contributed by atoms with Gasteiger partial charge in [-0.3, -0.25) is 0 Å². The SMILES string of the molecule is [CH2-]c1ccccc1C(C)C. The van der Waals surface area contributed by atoms with Gasteiger partial charge in [0.1, 0.15) is 0 Å². The van der Waals surface area contributed by atoms with Crippen molar-refractivity contribution in [3.8, 4) is 0 Å². The molecule has 0 aliphatic heterocycles. The largest absolute Gasteiger partial charge is 0.198 e. The monoisotopic (exact) mass is 133 g/mol. The Bertz CT molecular complexity index is 211. The number of rotatable bonds is 1. The molecule has 1 aromatic rings. The summed E-state index contributed by atoms with van der Waals surface area (Å²) in [5.74, 6) is 0.591. The van der Waals surface area contributed by atoms with Gasteiger partial charge >= 0.3 is 0 Å². The summed E-state index contributed by atoms with van der Waals surface area (Å²) in [6.07, 6.45) is 0. The molecular weight excluding hydrogens is 120 g/mol. The van der Waals surface area contributed by atoms with Crippen molar-refractivity contribution in [3.63, 3.8) is 0 Å². The lowest BCUT2D eigenvalue weighted by Gasteiger charge is -2.15. The Morgan fingerprint density at radius 2 is 1.80 bits per heavy atom. The first-order valence-corrected chi connectivity index (χ1v) is 3.62. The summed E-state index contributed by atoms with van der Waals surface area (Å²) in [4.78, 5) is 0. The highest BCUT2D eigenvalue weighted by molar-refractivity contribution is 5.31. The van der Waals surface area contributed by atoms with E-state index in [-0.39, 0.29) is 0 Å². The quantitative estimate of drug-likeness (QED) is 0.516. The van der Waals surface area contributed by atoms with Gasteiger partial charge in [-0.1, -0.05) is 25.8 Å². The first-order valence-electron chi connectivity index (χ1n) is 3.62. The molecule has 0 bridgehead atoms. The molecule has 0 heterocycles. The first-order chi connectivity index (χ1) is 4.72. The van der Waals surface area contributed by atoms with E-state index in [4.69, 9.17) is 0 Å². The summed E-state index contributed by atoms with van der Waals surface area (Å²) in [5, 5.41) is 0. The normalized spacial score (nSPS) is 10.3. The second kappa shape index (κ2) is 2.78. The van der Waals surface area contributed by atoms with Crippen LogP contribution in [0.15, 0.2) is 24.3 Å². The average Bonchev–Trinajstić information content (AvgIpc) is 1.88. The molecule has 0 aromatic heterocycles. The third-order valence-corrected chi connectivity index (χ3v) is 1.68. The average molecular weight is 133 g/mol. The number of benzene rings is 1. The van der Waals surface area contributed by atoms with Crippen molar-refractivity contribution in [2.75, 3.05) is 0 Å². The minimum Gasteiger partial charge on any atom is -0.198 e. The molecule has 0 unspecified atom stereocenters. The predicted molar refractivity (Wildman–Crippen MR) is 45.0 cm³/mol. The maximum atomic E-state index is 3.94. The van der Waals surface area contributed by atoms with Crippen molar-refractivity contribution >= 4 is 0 Å². The Labute approximate surface area is 62.9 Å². The van der Waals surface area contributed by atoms with E-state index < -0.39 is 0 Å². The highest BCUT2D eigenvalue weighted by Gasteiger charge is 1.91. The standard InChI is InChI=1S/C10H13/c1-8(2)10-7-5-4-6-9(10)3/h4-8H,3H2,1-2H3/q-1. The fraction of sp³-hybridized carbons (Fsp3) is 0.300. The second-order valence-corrected chi connectivity index (χ2v) is 2.85. The highest BCUT2D eigenvalue weighted by Crippen LogP contribution is 2.17. The van der Waals surface area contributed by atoms with Crippen molar-refractivity contribution in [3.05, 3.63) is 42.3 Å². The molecule has 0 nitrogen and oxygen atoms in total. The van der Waals surface area contributed by atoms with E-state index >= 15 is 0 Å². The lowest BCUT2D eigenvalue weighted by Crippen LogP contribution is -1.89. The van der Waals surface area contributed by atoms with Gasteiger partial charge in [0.05, 0.1) is 0 Å². The topological polar surface area (TPSA) is 0 Å². The van der Waals surface area contributed by atoms with Crippen LogP contribution >= 0.6 is 0 Å². The van der Waals surface area contributed by atoms with E-state index in [0.717, 1.165) is 5.56 Å². The van der Waals surface area contributed by atoms with Crippen molar-refractivity contribution in [2.24, 2.45) is 0 Å². The van der Waals surface area contributed by atoms with Crippen LogP contribution in [0, 0.1) is 6.92 Å². The van der Waals surface area contributed by atoms with E-state index in [0.29, 0.717) is 5.92 Å². The molecule has 0 aliphatic carbocycles. The zero-order valence-corrected chi connectivity index (χ0v) is 6.59. The van der Waals surface area contributed by atoms with E-state index in [9.17, 15) is 0 Å². The van der Waals surface area contributed by atoms with E-state index in [1.165, 1.54) is 5.56 Å². The van der Waals surface area contributed by atoms with Gasteiger partial charge in [0.25, 0.3) is 0 Å². The summed E-state index contributed by atoms with van der Waals surface area (Å²) in [7, 11) is 0. The van der Waals surface area contributed by atoms with Crippen LogP contribution in [0.4, 0.5) is 0 Å². The summed E-state index contributed by atoms with van der Waals surface area (Å²) in [6, 6.07) is 8.26. The molecule has 1 rings (SSSR count). The lowest BCUT2D eigenvalue weighted by atomic mass is 9.99. The van der Waals surface area contributed by atoms with Gasteiger partial charge in [0.15, 0.2) is 0 Å². The van der Waals surface area contributed by atoms with Gasteiger partial charge in [-0.15, -0.1) is 17.7 Å². The van der Waals surface area contributed by atoms with Crippen LogP contribution in [0.1, 0.15) is 30.9 Å². The molecule has 0 radical (unpaired) electrons. The highest BCUT2D eigenvalue weighted by atomic mass is 14.0. The van der Waals surface area contributed by atoms with Crippen molar-refractivity contribution in [1.82, 2.24) is 0 Å². The van der Waals surface area contributed by atoms with Gasteiger partial charge in [0, 0.05) is 0 Å². The minimum absolute atomic E-state index is 0.591. The molecule has 0 spiro atoms. The molecule has 0 saturated carbocycles. The van der Waals surface area contributed by atoms with Crippen LogP contribution < -0.4 is 0 Å². The minimum atomic E-state index is 0.591. The molecular formula is C10H13-. The molecule has 54 valence electrons. The van der Waals surface area contributed by atoms with Gasteiger partial charge in [-0.25, -0.2) is 0 Å². The maximum Gasteiger partial charge on any atom is -0.0671 e. The summed E-state index contributed by atoms with van der Waals surface area (Å²) >= 11 is 0. The maximum absolute atomic E-state index is 3.94. The molecule has 0 heteroatoms. The van der Waals surface area contributed by atoms with Crippen LogP contribution in [0.2, 0.25) is 0 Å². The Morgan fingerprint density at radius 1 is 1.20 bits per heavy atom. The van der Waals surface area contributed by atoms with Crippen molar-refractivity contribution in [2.45, 2.75) is 19.8 Å². The third kappa shape index (κ3) is 1.32. The Hall–Kier alpha value is -0.910. The Kier molecular flexibility index (Phi) is 2.00. The molecule has 0 fully saturated rings. The van der Waals surface area contributed by atoms with Crippen LogP contribution in [0.5, 0.6) is 0 Å². The van der Waals surface area contributed by atoms with Gasteiger partial charge in [0.2, 0.25) is 0 Å². The molecule has 10 heavy (non-hydrogen) atoms. The molecule has 0 atom stereocenters. The van der Waals surface area contributed by atoms with Crippen LogP contribution in [0.3, 0.4) is 0 Å². The van der Waals surface area contributed by atoms with Gasteiger partial charge in [-0.05, 0) is 0 Å². The van der Waals surface area contributed by atoms with Crippen molar-refractivity contribution < 1.29 is 0 Å². The van der Waals surface area contributed by atoms with E-state index in [1.54, 1.807) is 0 Å². The smallest absolute Gasteiger partial charge is 0.0671 e. The van der Waals surface area contributed by atoms with E-state index in [2.05, 4.69) is 39.0 Å². The predicted octanol–water partition coefficient (Wildman–Crippen LogP) is 2.99. The summed E-state index contributed by atoms with van der Waals surface area (Å²) in [5.41, 5.74) is 2.50. The molecule has 1 aromatic carbocycles. The third-order valence-electron chi connectivity index (χ3n) is 1.68. The summed E-state index contributed by atoms with van der Waals surface area (Å²) in [6.45, 7) is 8.31. The zero-order valence-electron chi connectivity index (χ0n) is 6.59. The lowest BCUT2D eigenvalue weighted by molar-refractivity contribution is 0.862. The number of hydrogen-bond acceptors (Lipinski definition) is 0. The van der Waals surface area contributed by atoms with Crippen LogP contribution in [-0.2, 0) is 0 Å². The van der Waals surface area contributed by atoms with Crippen molar-refractivity contribution in [1.29, 1.82) is 0 Å². The molecule has 0 amide bonds. The fourth-order valence-corrected chi connectivity index (χ4v) is 1.10. The Morgan fingerprint density at radius 3 is 2.20 bits per heavy atom. The zero-order chi connectivity index (χ0) is 7.56. The molecule has 0 saturated heterocycles. The fourth-order valence-electron chi connectivity index (χ4n) is 1.10. The first kappa shape index (κ1) is 7.20.